The van der Waals surface area contributed by atoms with Gasteiger partial charge < -0.3 is 5.73 Å². The molecule has 3 rings (SSSR count). The largest absolute Gasteiger partial charge is 0.399 e. The zero-order chi connectivity index (χ0) is 18.5. The molecular formula is C17H15N5O3S. The van der Waals surface area contributed by atoms with Gasteiger partial charge >= 0.3 is 0 Å². The van der Waals surface area contributed by atoms with Crippen molar-refractivity contribution in [2.45, 2.75) is 17.3 Å². The number of para-hydroxylation sites is 1. The molecule has 0 aliphatic heterocycles. The monoisotopic (exact) mass is 369 g/mol. The van der Waals surface area contributed by atoms with E-state index in [0.717, 1.165) is 5.56 Å². The summed E-state index contributed by atoms with van der Waals surface area (Å²) in [6.07, 6.45) is 0.0440. The standard InChI is InChI=1S/C17H15N5O3S/c18-13-7-5-11(6-8-13)10-26-17-19-16(23)14(20-21-17)9-12-3-1-2-4-15(12)22(24)25/h1-8H,9-10,18H2,(H,19,21,23). The molecule has 9 heteroatoms. The summed E-state index contributed by atoms with van der Waals surface area (Å²) in [4.78, 5) is 25.5. The van der Waals surface area contributed by atoms with E-state index in [9.17, 15) is 14.9 Å². The van der Waals surface area contributed by atoms with Crippen LogP contribution >= 0.6 is 11.8 Å². The Kier molecular flexibility index (Phi) is 5.28. The van der Waals surface area contributed by atoms with Crippen LogP contribution in [0.1, 0.15) is 16.8 Å². The van der Waals surface area contributed by atoms with Crippen LogP contribution in [0, 0.1) is 10.1 Å². The van der Waals surface area contributed by atoms with Crippen LogP contribution < -0.4 is 11.3 Å². The van der Waals surface area contributed by atoms with E-state index in [4.69, 9.17) is 5.73 Å². The van der Waals surface area contributed by atoms with Crippen molar-refractivity contribution in [1.82, 2.24) is 15.2 Å². The summed E-state index contributed by atoms with van der Waals surface area (Å²) in [5.74, 6) is 0.606. The zero-order valence-electron chi connectivity index (χ0n) is 13.6. The molecule has 0 fully saturated rings. The summed E-state index contributed by atoms with van der Waals surface area (Å²) in [7, 11) is 0. The Morgan fingerprint density at radius 3 is 2.54 bits per heavy atom. The number of nitrogens with zero attached hydrogens (tertiary/aromatic N) is 3. The summed E-state index contributed by atoms with van der Waals surface area (Å²) >= 11 is 1.34. The second-order valence-corrected chi connectivity index (χ2v) is 6.46. The third-order valence-electron chi connectivity index (χ3n) is 3.65. The van der Waals surface area contributed by atoms with Gasteiger partial charge in [0.05, 0.1) is 4.92 Å². The van der Waals surface area contributed by atoms with Gasteiger partial charge in [-0.25, -0.2) is 0 Å². The van der Waals surface area contributed by atoms with Crippen LogP contribution in [0.2, 0.25) is 0 Å². The molecule has 132 valence electrons. The molecule has 3 aromatic rings. The van der Waals surface area contributed by atoms with Crippen molar-refractivity contribution in [2.24, 2.45) is 0 Å². The van der Waals surface area contributed by atoms with Gasteiger partial charge in [-0.1, -0.05) is 42.1 Å². The maximum absolute atomic E-state index is 12.2. The molecule has 0 unspecified atom stereocenters. The first-order chi connectivity index (χ1) is 12.5. The van der Waals surface area contributed by atoms with Crippen LogP contribution in [0.3, 0.4) is 0 Å². The first-order valence-electron chi connectivity index (χ1n) is 7.68. The molecule has 0 spiro atoms. The maximum atomic E-state index is 12.2. The van der Waals surface area contributed by atoms with E-state index in [0.29, 0.717) is 22.2 Å². The van der Waals surface area contributed by atoms with Gasteiger partial charge in [0.2, 0.25) is 0 Å². The van der Waals surface area contributed by atoms with Crippen molar-refractivity contribution in [3.05, 3.63) is 85.8 Å². The number of nitrogens with two attached hydrogens (primary N) is 1. The van der Waals surface area contributed by atoms with Crippen LogP contribution in [0.5, 0.6) is 0 Å². The number of benzene rings is 2. The Balaban J connectivity index is 1.73. The van der Waals surface area contributed by atoms with Crippen molar-refractivity contribution >= 4 is 23.1 Å². The molecule has 0 aliphatic rings. The van der Waals surface area contributed by atoms with Crippen molar-refractivity contribution in [2.75, 3.05) is 5.73 Å². The van der Waals surface area contributed by atoms with Crippen molar-refractivity contribution in [1.29, 1.82) is 0 Å². The fourth-order valence-electron chi connectivity index (χ4n) is 2.31. The number of H-pyrrole nitrogens is 1. The molecule has 3 N–H and O–H groups in total. The third-order valence-corrected chi connectivity index (χ3v) is 4.58. The number of nitro groups is 1. The summed E-state index contributed by atoms with van der Waals surface area (Å²) < 4.78 is 0. The van der Waals surface area contributed by atoms with E-state index >= 15 is 0 Å². The molecule has 8 nitrogen and oxygen atoms in total. The highest BCUT2D eigenvalue weighted by Crippen LogP contribution is 2.21. The number of aromatic amines is 1. The molecule has 0 atom stereocenters. The lowest BCUT2D eigenvalue weighted by molar-refractivity contribution is -0.385. The summed E-state index contributed by atoms with van der Waals surface area (Å²) in [5, 5.41) is 19.4. The average Bonchev–Trinajstić information content (AvgIpc) is 2.63. The molecule has 0 saturated carbocycles. The van der Waals surface area contributed by atoms with Gasteiger partial charge in [-0.15, -0.1) is 10.2 Å². The predicted molar refractivity (Wildman–Crippen MR) is 99.0 cm³/mol. The smallest absolute Gasteiger partial charge is 0.273 e. The lowest BCUT2D eigenvalue weighted by Crippen LogP contribution is -2.18. The van der Waals surface area contributed by atoms with E-state index in [2.05, 4.69) is 15.2 Å². The Morgan fingerprint density at radius 1 is 1.12 bits per heavy atom. The fraction of sp³-hybridized carbons (Fsp3) is 0.118. The fourth-order valence-corrected chi connectivity index (χ4v) is 3.07. The first kappa shape index (κ1) is 17.6. The number of aromatic nitrogens is 3. The highest BCUT2D eigenvalue weighted by molar-refractivity contribution is 7.98. The highest BCUT2D eigenvalue weighted by atomic mass is 32.2. The second-order valence-electron chi connectivity index (χ2n) is 5.50. The predicted octanol–water partition coefficient (Wildman–Crippen LogP) is 2.54. The number of nitrogen functional groups attached to an aromatic ring is 1. The van der Waals surface area contributed by atoms with Gasteiger partial charge in [-0.2, -0.15) is 0 Å². The van der Waals surface area contributed by atoms with Crippen LogP contribution in [0.4, 0.5) is 11.4 Å². The van der Waals surface area contributed by atoms with E-state index in [1.165, 1.54) is 17.8 Å². The van der Waals surface area contributed by atoms with Gasteiger partial charge in [0.1, 0.15) is 5.69 Å². The second kappa shape index (κ2) is 7.79. The topological polar surface area (TPSA) is 128 Å². The van der Waals surface area contributed by atoms with E-state index in [-0.39, 0.29) is 17.8 Å². The van der Waals surface area contributed by atoms with E-state index in [1.54, 1.807) is 30.3 Å². The Morgan fingerprint density at radius 2 is 1.85 bits per heavy atom. The molecule has 26 heavy (non-hydrogen) atoms. The molecule has 1 aromatic heterocycles. The van der Waals surface area contributed by atoms with Crippen LogP contribution in [-0.4, -0.2) is 20.1 Å². The Bertz CT molecular complexity index is 988. The minimum Gasteiger partial charge on any atom is -0.399 e. The molecule has 0 amide bonds. The number of nitrogens with one attached hydrogen (secondary N) is 1. The van der Waals surface area contributed by atoms with E-state index in [1.807, 2.05) is 12.1 Å². The lowest BCUT2D eigenvalue weighted by Gasteiger charge is -2.04. The van der Waals surface area contributed by atoms with Gasteiger partial charge in [0.25, 0.3) is 11.2 Å². The molecule has 0 bridgehead atoms. The molecule has 1 heterocycles. The molecule has 0 radical (unpaired) electrons. The number of thioether (sulfide) groups is 1. The van der Waals surface area contributed by atoms with Crippen LogP contribution in [-0.2, 0) is 12.2 Å². The van der Waals surface area contributed by atoms with E-state index < -0.39 is 10.5 Å². The molecule has 0 aliphatic carbocycles. The normalized spacial score (nSPS) is 10.6. The maximum Gasteiger partial charge on any atom is 0.273 e. The van der Waals surface area contributed by atoms with Crippen LogP contribution in [0.25, 0.3) is 0 Å². The third kappa shape index (κ3) is 4.25. The summed E-state index contributed by atoms with van der Waals surface area (Å²) in [5.41, 5.74) is 7.47. The lowest BCUT2D eigenvalue weighted by atomic mass is 10.1. The number of anilines is 1. The van der Waals surface area contributed by atoms with Crippen molar-refractivity contribution in [3.63, 3.8) is 0 Å². The van der Waals surface area contributed by atoms with Gasteiger partial charge in [0.15, 0.2) is 5.16 Å². The number of nitro benzene ring substituents is 1. The van der Waals surface area contributed by atoms with Gasteiger partial charge in [0, 0.05) is 29.5 Å². The quantitative estimate of drug-likeness (QED) is 0.296. The minimum absolute atomic E-state index is 0.0440. The Hall–Kier alpha value is -3.20. The Labute approximate surface area is 152 Å². The zero-order valence-corrected chi connectivity index (χ0v) is 14.4. The number of hydrogen-bond acceptors (Lipinski definition) is 7. The van der Waals surface area contributed by atoms with Crippen molar-refractivity contribution < 1.29 is 4.92 Å². The first-order valence-corrected chi connectivity index (χ1v) is 8.67. The number of hydrogen-bond donors (Lipinski definition) is 2. The minimum atomic E-state index is -0.478. The number of rotatable bonds is 6. The average molecular weight is 369 g/mol. The summed E-state index contributed by atoms with van der Waals surface area (Å²) in [6.45, 7) is 0. The highest BCUT2D eigenvalue weighted by Gasteiger charge is 2.15. The summed E-state index contributed by atoms with van der Waals surface area (Å²) in [6, 6.07) is 13.7. The molecule has 0 saturated heterocycles. The SMILES string of the molecule is Nc1ccc(CSc2nnc(Cc3ccccc3[N+](=O)[O-])c(=O)[nH]2)cc1. The molecular weight excluding hydrogens is 354 g/mol. The molecule has 2 aromatic carbocycles. The van der Waals surface area contributed by atoms with Gasteiger partial charge in [-0.3, -0.25) is 19.9 Å². The van der Waals surface area contributed by atoms with Gasteiger partial charge in [-0.05, 0) is 17.7 Å². The van der Waals surface area contributed by atoms with Crippen molar-refractivity contribution in [3.8, 4) is 0 Å². The van der Waals surface area contributed by atoms with Crippen LogP contribution in [0.15, 0.2) is 58.5 Å².